The average molecular weight is 371 g/mol. The Hall–Kier alpha value is -0.710. The van der Waals surface area contributed by atoms with Crippen molar-refractivity contribution in [3.63, 3.8) is 0 Å². The first-order valence-corrected chi connectivity index (χ1v) is 6.94. The Kier molecular flexibility index (Phi) is 4.67. The predicted molar refractivity (Wildman–Crippen MR) is 81.7 cm³/mol. The zero-order chi connectivity index (χ0) is 15.0. The Labute approximate surface area is 139 Å². The number of carbonyl (C=O) groups is 1. The van der Waals surface area contributed by atoms with Crippen molar-refractivity contribution in [3.8, 4) is 11.3 Å². The van der Waals surface area contributed by atoms with Gasteiger partial charge in [-0.2, -0.15) is 0 Å². The molecule has 0 aliphatic rings. The predicted octanol–water partition coefficient (Wildman–Crippen LogP) is 5.71. The lowest BCUT2D eigenvalue weighted by molar-refractivity contribution is 0.0697. The fourth-order valence-electron chi connectivity index (χ4n) is 1.60. The van der Waals surface area contributed by atoms with E-state index in [9.17, 15) is 4.79 Å². The van der Waals surface area contributed by atoms with E-state index in [2.05, 4.69) is 4.98 Å². The van der Waals surface area contributed by atoms with E-state index in [1.54, 1.807) is 0 Å². The highest BCUT2D eigenvalue weighted by Gasteiger charge is 2.22. The molecule has 0 unspecified atom stereocenters. The number of hydrogen-bond donors (Lipinski definition) is 1. The summed E-state index contributed by atoms with van der Waals surface area (Å²) in [5, 5.41) is 9.65. The van der Waals surface area contributed by atoms with Crippen molar-refractivity contribution in [2.75, 3.05) is 0 Å². The topological polar surface area (TPSA) is 50.2 Å². The minimum atomic E-state index is -1.27. The number of hydrogen-bond acceptors (Lipinski definition) is 2. The third-order valence-electron chi connectivity index (χ3n) is 2.43. The summed E-state index contributed by atoms with van der Waals surface area (Å²) in [5.41, 5.74) is 0.155. The van der Waals surface area contributed by atoms with Gasteiger partial charge in [-0.05, 0) is 12.1 Å². The van der Waals surface area contributed by atoms with E-state index in [4.69, 9.17) is 63.1 Å². The van der Waals surface area contributed by atoms with Gasteiger partial charge in [0.1, 0.15) is 5.56 Å². The molecule has 0 spiro atoms. The summed E-state index contributed by atoms with van der Waals surface area (Å²) in [6, 6.07) is 2.91. The zero-order valence-electron chi connectivity index (χ0n) is 9.42. The maximum absolute atomic E-state index is 11.2. The molecule has 20 heavy (non-hydrogen) atoms. The Morgan fingerprint density at radius 3 is 2.05 bits per heavy atom. The van der Waals surface area contributed by atoms with Crippen LogP contribution in [0.1, 0.15) is 10.4 Å². The van der Waals surface area contributed by atoms with Gasteiger partial charge < -0.3 is 5.11 Å². The maximum Gasteiger partial charge on any atom is 0.338 e. The lowest BCUT2D eigenvalue weighted by Gasteiger charge is -2.11. The van der Waals surface area contributed by atoms with Gasteiger partial charge in [-0.25, -0.2) is 4.79 Å². The molecule has 2 aromatic rings. The molecule has 0 atom stereocenters. The molecule has 0 saturated heterocycles. The van der Waals surface area contributed by atoms with E-state index in [1.165, 1.54) is 18.3 Å². The molecule has 0 amide bonds. The molecule has 0 bridgehead atoms. The minimum absolute atomic E-state index is 0.0764. The van der Waals surface area contributed by atoms with E-state index < -0.39 is 5.97 Å². The van der Waals surface area contributed by atoms with E-state index >= 15 is 0 Å². The van der Waals surface area contributed by atoms with Gasteiger partial charge in [-0.15, -0.1) is 0 Å². The number of benzene rings is 1. The van der Waals surface area contributed by atoms with E-state index in [0.29, 0.717) is 10.6 Å². The van der Waals surface area contributed by atoms with Gasteiger partial charge in [0, 0.05) is 16.8 Å². The van der Waals surface area contributed by atoms with Crippen molar-refractivity contribution in [2.24, 2.45) is 0 Å². The van der Waals surface area contributed by atoms with Crippen LogP contribution in [0.15, 0.2) is 18.3 Å². The first-order valence-electron chi connectivity index (χ1n) is 5.05. The van der Waals surface area contributed by atoms with Crippen molar-refractivity contribution >= 4 is 64.0 Å². The van der Waals surface area contributed by atoms with Crippen LogP contribution in [-0.2, 0) is 0 Å². The van der Waals surface area contributed by atoms with Crippen LogP contribution in [0.25, 0.3) is 11.3 Å². The molecule has 1 N–H and O–H groups in total. The van der Waals surface area contributed by atoms with Crippen LogP contribution < -0.4 is 0 Å². The molecule has 1 aromatic carbocycles. The van der Waals surface area contributed by atoms with Crippen molar-refractivity contribution < 1.29 is 9.90 Å². The fourth-order valence-corrected chi connectivity index (χ4v) is 3.20. The molecule has 2 rings (SSSR count). The van der Waals surface area contributed by atoms with Gasteiger partial charge in [0.05, 0.1) is 25.8 Å². The molecular weight excluding hydrogens is 367 g/mol. The molecule has 1 heterocycles. The first kappa shape index (κ1) is 15.7. The Morgan fingerprint density at radius 2 is 1.55 bits per heavy atom. The third kappa shape index (κ3) is 2.83. The number of carboxylic acids is 1. The van der Waals surface area contributed by atoms with Gasteiger partial charge in [0.25, 0.3) is 0 Å². The maximum atomic E-state index is 11.2. The smallest absolute Gasteiger partial charge is 0.338 e. The van der Waals surface area contributed by atoms with Crippen molar-refractivity contribution in [1.29, 1.82) is 0 Å². The molecule has 0 aliphatic carbocycles. The lowest BCUT2D eigenvalue weighted by Crippen LogP contribution is -2.02. The Bertz CT molecular complexity index is 694. The van der Waals surface area contributed by atoms with Crippen molar-refractivity contribution in [3.05, 3.63) is 49.0 Å². The second-order valence-electron chi connectivity index (χ2n) is 3.69. The van der Waals surface area contributed by atoms with Crippen LogP contribution in [0.3, 0.4) is 0 Å². The number of rotatable bonds is 2. The van der Waals surface area contributed by atoms with Crippen LogP contribution in [-0.4, -0.2) is 16.1 Å². The zero-order valence-corrected chi connectivity index (χ0v) is 13.2. The first-order chi connectivity index (χ1) is 9.32. The van der Waals surface area contributed by atoms with Crippen LogP contribution in [0.5, 0.6) is 0 Å². The SMILES string of the molecule is O=C(O)c1c(Cl)cnc(-c2c(Cl)cc(Cl)cc2Cl)c1Cl. The number of carboxylic acid groups (broad SMARTS) is 1. The van der Waals surface area contributed by atoms with Crippen molar-refractivity contribution in [2.45, 2.75) is 0 Å². The highest BCUT2D eigenvalue weighted by Crippen LogP contribution is 2.41. The molecular formula is C12H4Cl5NO2. The summed E-state index contributed by atoms with van der Waals surface area (Å²) in [4.78, 5) is 15.2. The summed E-state index contributed by atoms with van der Waals surface area (Å²) >= 11 is 29.8. The normalized spacial score (nSPS) is 10.7. The number of aromatic carboxylic acids is 1. The Balaban J connectivity index is 2.78. The van der Waals surface area contributed by atoms with Crippen LogP contribution >= 0.6 is 58.0 Å². The third-order valence-corrected chi connectivity index (χ3v) is 3.90. The van der Waals surface area contributed by atoms with Crippen LogP contribution in [0, 0.1) is 0 Å². The molecule has 0 saturated carbocycles. The van der Waals surface area contributed by atoms with Gasteiger partial charge in [-0.3, -0.25) is 4.98 Å². The molecule has 0 aliphatic heterocycles. The fraction of sp³-hybridized carbons (Fsp3) is 0. The monoisotopic (exact) mass is 369 g/mol. The quantitative estimate of drug-likeness (QED) is 0.735. The standard InChI is InChI=1S/C12H4Cl5NO2/c13-4-1-5(14)8(6(15)2-4)11-10(17)9(12(19)20)7(16)3-18-11/h1-3H,(H,19,20). The molecule has 8 heteroatoms. The van der Waals surface area contributed by atoms with Gasteiger partial charge in [-0.1, -0.05) is 58.0 Å². The summed E-state index contributed by atoms with van der Waals surface area (Å²) < 4.78 is 0. The molecule has 0 fully saturated rings. The van der Waals surface area contributed by atoms with Gasteiger partial charge in [0.15, 0.2) is 0 Å². The number of aromatic nitrogens is 1. The summed E-state index contributed by atoms with van der Waals surface area (Å²) in [6.07, 6.45) is 1.17. The largest absolute Gasteiger partial charge is 0.478 e. The minimum Gasteiger partial charge on any atom is -0.478 e. The summed E-state index contributed by atoms with van der Waals surface area (Å²) in [5.74, 6) is -1.27. The molecule has 0 radical (unpaired) electrons. The number of nitrogens with zero attached hydrogens (tertiary/aromatic N) is 1. The van der Waals surface area contributed by atoms with E-state index in [0.717, 1.165) is 0 Å². The number of pyridine rings is 1. The summed E-state index contributed by atoms with van der Waals surface area (Å²) in [7, 11) is 0. The number of halogens is 5. The van der Waals surface area contributed by atoms with E-state index in [1.807, 2.05) is 0 Å². The Morgan fingerprint density at radius 1 is 1.00 bits per heavy atom. The van der Waals surface area contributed by atoms with Crippen LogP contribution in [0.4, 0.5) is 0 Å². The van der Waals surface area contributed by atoms with Gasteiger partial charge in [0.2, 0.25) is 0 Å². The lowest BCUT2D eigenvalue weighted by atomic mass is 10.1. The second-order valence-corrected chi connectivity index (χ2v) is 5.73. The second kappa shape index (κ2) is 5.96. The van der Waals surface area contributed by atoms with Gasteiger partial charge >= 0.3 is 5.97 Å². The molecule has 3 nitrogen and oxygen atoms in total. The van der Waals surface area contributed by atoms with Crippen LogP contribution in [0.2, 0.25) is 25.1 Å². The highest BCUT2D eigenvalue weighted by molar-refractivity contribution is 6.44. The van der Waals surface area contributed by atoms with Crippen molar-refractivity contribution in [1.82, 2.24) is 4.98 Å². The highest BCUT2D eigenvalue weighted by atomic mass is 35.5. The molecule has 104 valence electrons. The average Bonchev–Trinajstić information content (AvgIpc) is 2.30. The summed E-state index contributed by atoms with van der Waals surface area (Å²) in [6.45, 7) is 0. The van der Waals surface area contributed by atoms with E-state index in [-0.39, 0.29) is 31.3 Å². The molecule has 1 aromatic heterocycles.